The third kappa shape index (κ3) is 3.01. The standard InChI is InChI=1S/C21H26N2O/c1-24-21-14-20-17(8-9-19-15-22-10-5-11-23(19)20)13-18(21)12-16-6-3-2-4-7-16/h2-4,6-7,13-14,19,22H,5,8-12,15H2,1H3/t19-/m1/s1. The molecule has 2 aromatic rings. The first-order chi connectivity index (χ1) is 11.8. The fraction of sp³-hybridized carbons (Fsp3) is 0.429. The molecule has 0 unspecified atom stereocenters. The molecule has 1 fully saturated rings. The van der Waals surface area contributed by atoms with Crippen LogP contribution in [0.5, 0.6) is 5.75 Å². The zero-order valence-electron chi connectivity index (χ0n) is 14.4. The van der Waals surface area contributed by atoms with Crippen molar-refractivity contribution in [3.8, 4) is 5.75 Å². The number of methoxy groups -OCH3 is 1. The molecule has 0 amide bonds. The van der Waals surface area contributed by atoms with Crippen LogP contribution >= 0.6 is 0 Å². The molecule has 1 saturated heterocycles. The quantitative estimate of drug-likeness (QED) is 0.937. The van der Waals surface area contributed by atoms with Gasteiger partial charge in [0.2, 0.25) is 0 Å². The monoisotopic (exact) mass is 322 g/mol. The van der Waals surface area contributed by atoms with Crippen molar-refractivity contribution in [2.24, 2.45) is 0 Å². The van der Waals surface area contributed by atoms with Crippen molar-refractivity contribution < 1.29 is 4.74 Å². The molecule has 1 atom stereocenters. The average Bonchev–Trinajstić information content (AvgIpc) is 2.87. The minimum atomic E-state index is 0.629. The molecule has 0 bridgehead atoms. The molecular weight excluding hydrogens is 296 g/mol. The third-order valence-corrected chi connectivity index (χ3v) is 5.35. The van der Waals surface area contributed by atoms with Crippen molar-refractivity contribution in [3.63, 3.8) is 0 Å². The molecule has 2 aromatic carbocycles. The number of nitrogens with one attached hydrogen (secondary N) is 1. The summed E-state index contributed by atoms with van der Waals surface area (Å²) in [6, 6.07) is 16.0. The van der Waals surface area contributed by atoms with Crippen LogP contribution in [-0.2, 0) is 12.8 Å². The van der Waals surface area contributed by atoms with Crippen LogP contribution in [0.4, 0.5) is 5.69 Å². The zero-order valence-corrected chi connectivity index (χ0v) is 14.4. The summed E-state index contributed by atoms with van der Waals surface area (Å²) in [6.45, 7) is 3.38. The Bertz CT molecular complexity index is 698. The summed E-state index contributed by atoms with van der Waals surface area (Å²) in [7, 11) is 1.79. The number of rotatable bonds is 3. The van der Waals surface area contributed by atoms with Gasteiger partial charge in [-0.3, -0.25) is 0 Å². The molecular formula is C21H26N2O. The maximum atomic E-state index is 5.75. The third-order valence-electron chi connectivity index (χ3n) is 5.35. The van der Waals surface area contributed by atoms with Gasteiger partial charge in [0.05, 0.1) is 7.11 Å². The Morgan fingerprint density at radius 3 is 2.92 bits per heavy atom. The molecule has 0 aromatic heterocycles. The van der Waals surface area contributed by atoms with E-state index in [9.17, 15) is 0 Å². The summed E-state index contributed by atoms with van der Waals surface area (Å²) in [5.74, 6) is 1.02. The Morgan fingerprint density at radius 1 is 1.21 bits per heavy atom. The van der Waals surface area contributed by atoms with Gasteiger partial charge >= 0.3 is 0 Å². The number of benzene rings is 2. The summed E-state index contributed by atoms with van der Waals surface area (Å²) < 4.78 is 5.75. The number of hydrogen-bond acceptors (Lipinski definition) is 3. The van der Waals surface area contributed by atoms with E-state index in [-0.39, 0.29) is 0 Å². The molecule has 2 aliphatic rings. The molecule has 126 valence electrons. The van der Waals surface area contributed by atoms with Gasteiger partial charge in [0, 0.05) is 37.3 Å². The van der Waals surface area contributed by atoms with Gasteiger partial charge in [-0.25, -0.2) is 0 Å². The fourth-order valence-electron chi connectivity index (χ4n) is 4.11. The van der Waals surface area contributed by atoms with Crippen LogP contribution in [-0.4, -0.2) is 32.8 Å². The van der Waals surface area contributed by atoms with Crippen molar-refractivity contribution in [2.75, 3.05) is 31.6 Å². The lowest BCUT2D eigenvalue weighted by atomic mass is 9.92. The van der Waals surface area contributed by atoms with E-state index in [1.165, 1.54) is 41.6 Å². The molecule has 24 heavy (non-hydrogen) atoms. The maximum absolute atomic E-state index is 5.75. The van der Waals surface area contributed by atoms with Crippen molar-refractivity contribution in [1.29, 1.82) is 0 Å². The van der Waals surface area contributed by atoms with Crippen LogP contribution in [0.25, 0.3) is 0 Å². The van der Waals surface area contributed by atoms with Crippen LogP contribution in [0.1, 0.15) is 29.5 Å². The molecule has 0 saturated carbocycles. The highest BCUT2D eigenvalue weighted by Crippen LogP contribution is 2.37. The second kappa shape index (κ2) is 6.86. The van der Waals surface area contributed by atoms with Gasteiger partial charge in [-0.05, 0) is 48.6 Å². The maximum Gasteiger partial charge on any atom is 0.124 e. The Morgan fingerprint density at radius 2 is 2.08 bits per heavy atom. The molecule has 0 aliphatic carbocycles. The van der Waals surface area contributed by atoms with E-state index in [0.717, 1.165) is 31.8 Å². The van der Waals surface area contributed by atoms with E-state index in [4.69, 9.17) is 4.74 Å². The Kier molecular flexibility index (Phi) is 4.44. The van der Waals surface area contributed by atoms with E-state index in [1.54, 1.807) is 7.11 Å². The molecule has 3 heteroatoms. The van der Waals surface area contributed by atoms with Crippen molar-refractivity contribution >= 4 is 5.69 Å². The van der Waals surface area contributed by atoms with E-state index >= 15 is 0 Å². The number of ether oxygens (including phenoxy) is 1. The summed E-state index contributed by atoms with van der Waals surface area (Å²) in [6.07, 6.45) is 4.56. The predicted molar refractivity (Wildman–Crippen MR) is 99.2 cm³/mol. The van der Waals surface area contributed by atoms with Crippen molar-refractivity contribution in [1.82, 2.24) is 5.32 Å². The van der Waals surface area contributed by atoms with Gasteiger partial charge in [0.25, 0.3) is 0 Å². The van der Waals surface area contributed by atoms with Crippen LogP contribution in [0, 0.1) is 0 Å². The second-order valence-corrected chi connectivity index (χ2v) is 6.90. The van der Waals surface area contributed by atoms with E-state index in [0.29, 0.717) is 6.04 Å². The largest absolute Gasteiger partial charge is 0.496 e. The first-order valence-electron chi connectivity index (χ1n) is 9.06. The van der Waals surface area contributed by atoms with Crippen molar-refractivity contribution in [3.05, 3.63) is 59.2 Å². The van der Waals surface area contributed by atoms with E-state index in [1.807, 2.05) is 0 Å². The SMILES string of the molecule is COc1cc2c(cc1Cc1ccccc1)CC[C@@H]1CNCCCN21. The highest BCUT2D eigenvalue weighted by atomic mass is 16.5. The predicted octanol–water partition coefficient (Wildman–Crippen LogP) is 3.40. The normalized spacial score (nSPS) is 20.0. The summed E-state index contributed by atoms with van der Waals surface area (Å²) in [4.78, 5) is 2.60. The number of fused-ring (bicyclic) bond motifs is 3. The van der Waals surface area contributed by atoms with Gasteiger partial charge in [0.15, 0.2) is 0 Å². The van der Waals surface area contributed by atoms with Gasteiger partial charge in [0.1, 0.15) is 5.75 Å². The van der Waals surface area contributed by atoms with Crippen LogP contribution in [0.2, 0.25) is 0 Å². The summed E-state index contributed by atoms with van der Waals surface area (Å²) in [5.41, 5.74) is 5.51. The molecule has 3 nitrogen and oxygen atoms in total. The van der Waals surface area contributed by atoms with Crippen LogP contribution in [0.3, 0.4) is 0 Å². The number of aryl methyl sites for hydroxylation is 1. The molecule has 1 N–H and O–H groups in total. The minimum absolute atomic E-state index is 0.629. The lowest BCUT2D eigenvalue weighted by Crippen LogP contribution is -2.43. The van der Waals surface area contributed by atoms with Crippen molar-refractivity contribution in [2.45, 2.75) is 31.7 Å². The van der Waals surface area contributed by atoms with Gasteiger partial charge in [-0.1, -0.05) is 30.3 Å². The van der Waals surface area contributed by atoms with Crippen LogP contribution in [0.15, 0.2) is 42.5 Å². The van der Waals surface area contributed by atoms with Gasteiger partial charge < -0.3 is 15.0 Å². The average molecular weight is 322 g/mol. The molecule has 2 aliphatic heterocycles. The molecule has 2 heterocycles. The van der Waals surface area contributed by atoms with Gasteiger partial charge in [-0.2, -0.15) is 0 Å². The Balaban J connectivity index is 1.69. The second-order valence-electron chi connectivity index (χ2n) is 6.90. The topological polar surface area (TPSA) is 24.5 Å². The van der Waals surface area contributed by atoms with Crippen LogP contribution < -0.4 is 15.0 Å². The number of hydrogen-bond donors (Lipinski definition) is 1. The molecule has 0 radical (unpaired) electrons. The number of anilines is 1. The van der Waals surface area contributed by atoms with E-state index < -0.39 is 0 Å². The fourth-order valence-corrected chi connectivity index (χ4v) is 4.11. The lowest BCUT2D eigenvalue weighted by Gasteiger charge is -2.38. The van der Waals surface area contributed by atoms with E-state index in [2.05, 4.69) is 52.7 Å². The highest BCUT2D eigenvalue weighted by molar-refractivity contribution is 5.62. The summed E-state index contributed by atoms with van der Waals surface area (Å²) >= 11 is 0. The number of nitrogens with zero attached hydrogens (tertiary/aromatic N) is 1. The Labute approximate surface area is 144 Å². The van der Waals surface area contributed by atoms with Gasteiger partial charge in [-0.15, -0.1) is 0 Å². The molecule has 0 spiro atoms. The first kappa shape index (κ1) is 15.5. The zero-order chi connectivity index (χ0) is 16.4. The smallest absolute Gasteiger partial charge is 0.124 e. The minimum Gasteiger partial charge on any atom is -0.496 e. The lowest BCUT2D eigenvalue weighted by molar-refractivity contribution is 0.409. The Hall–Kier alpha value is -2.00. The highest BCUT2D eigenvalue weighted by Gasteiger charge is 2.28. The summed E-state index contributed by atoms with van der Waals surface area (Å²) in [5, 5.41) is 3.58. The molecule has 4 rings (SSSR count). The first-order valence-corrected chi connectivity index (χ1v) is 9.06.